The van der Waals surface area contributed by atoms with E-state index in [9.17, 15) is 9.90 Å². The van der Waals surface area contributed by atoms with E-state index in [1.165, 1.54) is 13.0 Å². The van der Waals surface area contributed by atoms with Crippen molar-refractivity contribution in [3.63, 3.8) is 0 Å². The second-order valence-corrected chi connectivity index (χ2v) is 4.78. The Bertz CT molecular complexity index is 184. The van der Waals surface area contributed by atoms with Crippen LogP contribution in [0.4, 0.5) is 0 Å². The lowest BCUT2D eigenvalue weighted by Crippen LogP contribution is -3.13. The van der Waals surface area contributed by atoms with Gasteiger partial charge in [-0.1, -0.05) is 13.8 Å². The monoisotopic (exact) mass is 199 g/mol. The van der Waals surface area contributed by atoms with E-state index in [2.05, 4.69) is 13.8 Å². The normalized spacial score (nSPS) is 27.9. The number of hydrogen-bond acceptors (Lipinski definition) is 2. The summed E-state index contributed by atoms with van der Waals surface area (Å²) in [6, 6.07) is 0. The van der Waals surface area contributed by atoms with Crippen LogP contribution >= 0.6 is 0 Å². The third-order valence-corrected chi connectivity index (χ3v) is 3.10. The molecule has 0 unspecified atom stereocenters. The smallest absolute Gasteiger partial charge is 0.0777 e. The number of carboxylic acids is 1. The van der Waals surface area contributed by atoms with Crippen LogP contribution in [0.25, 0.3) is 0 Å². The minimum Gasteiger partial charge on any atom is -0.550 e. The number of likely N-dealkylation sites (tertiary alicyclic amines) is 1. The zero-order valence-corrected chi connectivity index (χ0v) is 9.21. The van der Waals surface area contributed by atoms with Gasteiger partial charge in [-0.15, -0.1) is 0 Å². The highest BCUT2D eigenvalue weighted by atomic mass is 16.4. The van der Waals surface area contributed by atoms with Gasteiger partial charge in [0.2, 0.25) is 0 Å². The predicted molar refractivity (Wildman–Crippen MR) is 52.7 cm³/mol. The van der Waals surface area contributed by atoms with Crippen LogP contribution in [0.3, 0.4) is 0 Å². The molecule has 1 heterocycles. The number of rotatable bonds is 4. The van der Waals surface area contributed by atoms with Crippen molar-refractivity contribution < 1.29 is 14.8 Å². The SMILES string of the molecule is CC(C)CC[NH+]1CCC(C(=O)[O-])CC1. The summed E-state index contributed by atoms with van der Waals surface area (Å²) >= 11 is 0. The van der Waals surface area contributed by atoms with Gasteiger partial charge in [0.05, 0.1) is 19.6 Å². The lowest BCUT2D eigenvalue weighted by molar-refractivity contribution is -0.906. The number of aliphatic carboxylic acids is 1. The molecule has 1 N–H and O–H groups in total. The van der Waals surface area contributed by atoms with E-state index in [0.717, 1.165) is 31.8 Å². The molecule has 14 heavy (non-hydrogen) atoms. The van der Waals surface area contributed by atoms with Gasteiger partial charge in [0.15, 0.2) is 0 Å². The summed E-state index contributed by atoms with van der Waals surface area (Å²) in [6.07, 6.45) is 2.84. The van der Waals surface area contributed by atoms with E-state index in [1.807, 2.05) is 0 Å². The number of piperidine rings is 1. The topological polar surface area (TPSA) is 44.6 Å². The number of carbonyl (C=O) groups is 1. The van der Waals surface area contributed by atoms with E-state index < -0.39 is 5.97 Å². The van der Waals surface area contributed by atoms with Gasteiger partial charge in [0, 0.05) is 24.7 Å². The Hall–Kier alpha value is -0.570. The molecule has 1 fully saturated rings. The number of hydrogen-bond donors (Lipinski definition) is 1. The maximum Gasteiger partial charge on any atom is 0.0777 e. The molecule has 0 aliphatic carbocycles. The van der Waals surface area contributed by atoms with Crippen LogP contribution in [0.15, 0.2) is 0 Å². The first-order valence-electron chi connectivity index (χ1n) is 5.64. The lowest BCUT2D eigenvalue weighted by Gasteiger charge is -2.30. The molecule has 0 atom stereocenters. The van der Waals surface area contributed by atoms with E-state index in [1.54, 1.807) is 4.90 Å². The Morgan fingerprint density at radius 2 is 2.00 bits per heavy atom. The van der Waals surface area contributed by atoms with Gasteiger partial charge in [0.1, 0.15) is 0 Å². The van der Waals surface area contributed by atoms with Crippen molar-refractivity contribution in [1.82, 2.24) is 0 Å². The van der Waals surface area contributed by atoms with Crippen LogP contribution in [0.1, 0.15) is 33.1 Å². The number of quaternary nitrogens is 1. The summed E-state index contributed by atoms with van der Waals surface area (Å²) in [5.41, 5.74) is 0. The standard InChI is InChI=1S/C11H21NO2/c1-9(2)3-6-12-7-4-10(5-8-12)11(13)14/h9-10H,3-8H2,1-2H3,(H,13,14). The Balaban J connectivity index is 2.19. The molecule has 0 saturated carbocycles. The fourth-order valence-electron chi connectivity index (χ4n) is 2.00. The molecular formula is C11H21NO2. The Morgan fingerprint density at radius 1 is 1.43 bits per heavy atom. The van der Waals surface area contributed by atoms with E-state index in [0.29, 0.717) is 0 Å². The molecule has 3 nitrogen and oxygen atoms in total. The molecule has 3 heteroatoms. The molecule has 1 rings (SSSR count). The number of carboxylic acid groups (broad SMARTS) is 1. The Kier molecular flexibility index (Phi) is 4.39. The zero-order chi connectivity index (χ0) is 10.6. The minimum absolute atomic E-state index is 0.183. The number of carbonyl (C=O) groups excluding carboxylic acids is 1. The summed E-state index contributed by atoms with van der Waals surface area (Å²) < 4.78 is 0. The average molecular weight is 199 g/mol. The van der Waals surface area contributed by atoms with Crippen molar-refractivity contribution in [2.45, 2.75) is 33.1 Å². The van der Waals surface area contributed by atoms with Gasteiger partial charge in [-0.25, -0.2) is 0 Å². The van der Waals surface area contributed by atoms with Crippen molar-refractivity contribution in [3.05, 3.63) is 0 Å². The van der Waals surface area contributed by atoms with Crippen LogP contribution in [-0.2, 0) is 4.79 Å². The molecule has 1 saturated heterocycles. The zero-order valence-electron chi connectivity index (χ0n) is 9.21. The van der Waals surface area contributed by atoms with E-state index >= 15 is 0 Å². The molecule has 82 valence electrons. The first-order chi connectivity index (χ1) is 6.59. The Morgan fingerprint density at radius 3 is 2.43 bits per heavy atom. The van der Waals surface area contributed by atoms with Crippen LogP contribution in [0, 0.1) is 11.8 Å². The molecule has 0 spiro atoms. The minimum atomic E-state index is -0.854. The van der Waals surface area contributed by atoms with Crippen molar-refractivity contribution in [3.8, 4) is 0 Å². The van der Waals surface area contributed by atoms with Gasteiger partial charge >= 0.3 is 0 Å². The Labute approximate surface area is 86.1 Å². The highest BCUT2D eigenvalue weighted by molar-refractivity contribution is 5.67. The fourth-order valence-corrected chi connectivity index (χ4v) is 2.00. The van der Waals surface area contributed by atoms with Crippen molar-refractivity contribution in [2.24, 2.45) is 11.8 Å². The first-order valence-corrected chi connectivity index (χ1v) is 5.64. The maximum absolute atomic E-state index is 10.6. The molecule has 0 bridgehead atoms. The van der Waals surface area contributed by atoms with Gasteiger partial charge in [-0.3, -0.25) is 0 Å². The van der Waals surface area contributed by atoms with Gasteiger partial charge in [-0.05, 0) is 12.3 Å². The van der Waals surface area contributed by atoms with E-state index in [4.69, 9.17) is 0 Å². The molecule has 0 aromatic rings. The summed E-state index contributed by atoms with van der Waals surface area (Å²) in [7, 11) is 0. The van der Waals surface area contributed by atoms with Crippen LogP contribution in [0.5, 0.6) is 0 Å². The maximum atomic E-state index is 10.6. The largest absolute Gasteiger partial charge is 0.550 e. The summed E-state index contributed by atoms with van der Waals surface area (Å²) in [4.78, 5) is 12.2. The van der Waals surface area contributed by atoms with Crippen molar-refractivity contribution in [1.29, 1.82) is 0 Å². The van der Waals surface area contributed by atoms with Crippen LogP contribution in [0.2, 0.25) is 0 Å². The lowest BCUT2D eigenvalue weighted by atomic mass is 9.97. The average Bonchev–Trinajstić information content (AvgIpc) is 2.15. The molecule has 1 aliphatic rings. The third-order valence-electron chi connectivity index (χ3n) is 3.10. The second kappa shape index (κ2) is 5.35. The predicted octanol–water partition coefficient (Wildman–Crippen LogP) is -0.923. The van der Waals surface area contributed by atoms with Crippen LogP contribution in [-0.4, -0.2) is 25.6 Å². The van der Waals surface area contributed by atoms with E-state index in [-0.39, 0.29) is 5.92 Å². The fraction of sp³-hybridized carbons (Fsp3) is 0.909. The second-order valence-electron chi connectivity index (χ2n) is 4.78. The molecule has 0 aromatic heterocycles. The molecule has 1 aliphatic heterocycles. The first kappa shape index (κ1) is 11.5. The number of nitrogens with one attached hydrogen (secondary N) is 1. The van der Waals surface area contributed by atoms with Gasteiger partial charge in [0.25, 0.3) is 0 Å². The van der Waals surface area contributed by atoms with Crippen molar-refractivity contribution >= 4 is 5.97 Å². The molecular weight excluding hydrogens is 178 g/mol. The third kappa shape index (κ3) is 3.66. The van der Waals surface area contributed by atoms with Crippen molar-refractivity contribution in [2.75, 3.05) is 19.6 Å². The highest BCUT2D eigenvalue weighted by Gasteiger charge is 2.22. The molecule has 0 amide bonds. The van der Waals surface area contributed by atoms with Crippen LogP contribution < -0.4 is 10.0 Å². The van der Waals surface area contributed by atoms with Gasteiger partial charge < -0.3 is 14.8 Å². The summed E-state index contributed by atoms with van der Waals surface area (Å²) in [6.45, 7) is 7.66. The quantitative estimate of drug-likeness (QED) is 0.636. The highest BCUT2D eigenvalue weighted by Crippen LogP contribution is 2.07. The van der Waals surface area contributed by atoms with Gasteiger partial charge in [-0.2, -0.15) is 0 Å². The summed E-state index contributed by atoms with van der Waals surface area (Å²) in [5.74, 6) is -0.285. The molecule has 0 radical (unpaired) electrons. The summed E-state index contributed by atoms with van der Waals surface area (Å²) in [5, 5.41) is 10.6. The molecule has 0 aromatic carbocycles.